The van der Waals surface area contributed by atoms with E-state index in [9.17, 15) is 14.4 Å². The monoisotopic (exact) mass is 654 g/mol. The van der Waals surface area contributed by atoms with E-state index in [4.69, 9.17) is 16.3 Å². The van der Waals surface area contributed by atoms with Crippen LogP contribution >= 0.6 is 34.7 Å². The lowest BCUT2D eigenvalue weighted by molar-refractivity contribution is -0.114. The highest BCUT2D eigenvalue weighted by Gasteiger charge is 2.16. The molecule has 5 aromatic rings. The summed E-state index contributed by atoms with van der Waals surface area (Å²) in [7, 11) is 1.61. The van der Waals surface area contributed by atoms with Gasteiger partial charge < -0.3 is 20.7 Å². The first kappa shape index (κ1) is 31.5. The van der Waals surface area contributed by atoms with E-state index in [-0.39, 0.29) is 17.4 Å². The topological polar surface area (TPSA) is 109 Å². The molecule has 0 aliphatic heterocycles. The minimum Gasteiger partial charge on any atom is -0.497 e. The second-order valence-corrected chi connectivity index (χ2v) is 11.9. The molecule has 45 heavy (non-hydrogen) atoms. The molecule has 3 N–H and O–H groups in total. The largest absolute Gasteiger partial charge is 0.497 e. The fraction of sp³-hybridized carbons (Fsp3) is 0.0588. The van der Waals surface area contributed by atoms with E-state index in [2.05, 4.69) is 20.9 Å². The highest BCUT2D eigenvalue weighted by Crippen LogP contribution is 2.27. The summed E-state index contributed by atoms with van der Waals surface area (Å²) in [6, 6.07) is 30.2. The molecule has 0 saturated heterocycles. The standard InChI is InChI=1S/C34H27ClN4O4S2/c1-43-27-16-12-23(13-17-27)30-20-45-34(38-30)39-31(40)21-44-28-9-5-8-26(19-28)36-33(42)29(18-22-10-14-25(35)15-11-22)37-32(41)24-6-3-2-4-7-24/h2-20H,21H2,1H3,(H,36,42)(H,37,41)(H,38,39,40)/b29-18-. The fourth-order valence-electron chi connectivity index (χ4n) is 4.06. The number of halogens is 1. The van der Waals surface area contributed by atoms with Gasteiger partial charge in [-0.05, 0) is 78.4 Å². The minimum atomic E-state index is -0.509. The van der Waals surface area contributed by atoms with E-state index in [1.807, 2.05) is 35.7 Å². The molecule has 0 saturated carbocycles. The number of rotatable bonds is 11. The van der Waals surface area contributed by atoms with Crippen molar-refractivity contribution in [3.8, 4) is 17.0 Å². The number of methoxy groups -OCH3 is 1. The number of ether oxygens (including phenoxy) is 1. The van der Waals surface area contributed by atoms with Crippen LogP contribution in [0.1, 0.15) is 15.9 Å². The van der Waals surface area contributed by atoms with E-state index >= 15 is 0 Å². The molecule has 0 aliphatic rings. The number of hydrogen-bond donors (Lipinski definition) is 3. The third-order valence-corrected chi connectivity index (χ3v) is 8.31. The van der Waals surface area contributed by atoms with Crippen LogP contribution in [0.4, 0.5) is 10.8 Å². The van der Waals surface area contributed by atoms with Crippen LogP contribution in [0, 0.1) is 0 Å². The molecule has 226 valence electrons. The number of thiazole rings is 1. The molecule has 3 amide bonds. The number of carbonyl (C=O) groups excluding carboxylic acids is 3. The smallest absolute Gasteiger partial charge is 0.272 e. The summed E-state index contributed by atoms with van der Waals surface area (Å²) in [5.74, 6) is -0.234. The molecular weight excluding hydrogens is 628 g/mol. The molecule has 0 spiro atoms. The van der Waals surface area contributed by atoms with Crippen LogP contribution in [0.25, 0.3) is 17.3 Å². The Morgan fingerprint density at radius 1 is 0.911 bits per heavy atom. The molecule has 5 rings (SSSR count). The van der Waals surface area contributed by atoms with Gasteiger partial charge in [-0.15, -0.1) is 23.1 Å². The molecule has 1 heterocycles. The van der Waals surface area contributed by atoms with Crippen molar-refractivity contribution in [1.82, 2.24) is 10.3 Å². The zero-order valence-electron chi connectivity index (χ0n) is 24.0. The van der Waals surface area contributed by atoms with E-state index < -0.39 is 11.8 Å². The first-order chi connectivity index (χ1) is 21.9. The SMILES string of the molecule is COc1ccc(-c2csc(NC(=O)CSc3cccc(NC(=O)/C(=C/c4ccc(Cl)cc4)NC(=O)c4ccccc4)c3)n2)cc1. The van der Waals surface area contributed by atoms with E-state index in [1.165, 1.54) is 23.1 Å². The first-order valence-electron chi connectivity index (χ1n) is 13.6. The van der Waals surface area contributed by atoms with Gasteiger partial charge in [0.1, 0.15) is 11.4 Å². The summed E-state index contributed by atoms with van der Waals surface area (Å²) in [4.78, 5) is 44.2. The third-order valence-electron chi connectivity index (χ3n) is 6.31. The number of thioether (sulfide) groups is 1. The van der Waals surface area contributed by atoms with Gasteiger partial charge in [0, 0.05) is 32.1 Å². The average molecular weight is 655 g/mol. The molecule has 8 nitrogen and oxygen atoms in total. The molecule has 4 aromatic carbocycles. The number of aromatic nitrogens is 1. The van der Waals surface area contributed by atoms with Gasteiger partial charge in [0.2, 0.25) is 5.91 Å². The molecule has 0 unspecified atom stereocenters. The van der Waals surface area contributed by atoms with Gasteiger partial charge in [-0.3, -0.25) is 14.4 Å². The minimum absolute atomic E-state index is 0.0565. The summed E-state index contributed by atoms with van der Waals surface area (Å²) in [5, 5.41) is 11.4. The summed E-state index contributed by atoms with van der Waals surface area (Å²) < 4.78 is 5.20. The Labute approximate surface area is 273 Å². The summed E-state index contributed by atoms with van der Waals surface area (Å²) in [6.07, 6.45) is 1.58. The van der Waals surface area contributed by atoms with Gasteiger partial charge in [-0.25, -0.2) is 4.98 Å². The van der Waals surface area contributed by atoms with E-state index in [0.717, 1.165) is 21.9 Å². The van der Waals surface area contributed by atoms with Gasteiger partial charge in [0.15, 0.2) is 5.13 Å². The lowest BCUT2D eigenvalue weighted by Gasteiger charge is -2.12. The van der Waals surface area contributed by atoms with Crippen molar-refractivity contribution >= 4 is 69.3 Å². The van der Waals surface area contributed by atoms with Crippen molar-refractivity contribution < 1.29 is 19.1 Å². The van der Waals surface area contributed by atoms with Crippen LogP contribution in [-0.2, 0) is 9.59 Å². The van der Waals surface area contributed by atoms with Gasteiger partial charge in [-0.2, -0.15) is 0 Å². The lowest BCUT2D eigenvalue weighted by Crippen LogP contribution is -2.30. The Morgan fingerprint density at radius 3 is 2.40 bits per heavy atom. The molecule has 0 radical (unpaired) electrons. The van der Waals surface area contributed by atoms with Crippen LogP contribution < -0.4 is 20.7 Å². The van der Waals surface area contributed by atoms with Crippen molar-refractivity contribution in [3.63, 3.8) is 0 Å². The second-order valence-electron chi connectivity index (χ2n) is 9.51. The molecular formula is C34H27ClN4O4S2. The third kappa shape index (κ3) is 9.05. The maximum Gasteiger partial charge on any atom is 0.272 e. The predicted molar refractivity (Wildman–Crippen MR) is 182 cm³/mol. The van der Waals surface area contributed by atoms with Crippen molar-refractivity contribution in [2.24, 2.45) is 0 Å². The fourth-order valence-corrected chi connectivity index (χ4v) is 5.68. The molecule has 0 fully saturated rings. The maximum atomic E-state index is 13.4. The molecule has 1 aromatic heterocycles. The van der Waals surface area contributed by atoms with E-state index in [0.29, 0.717) is 27.0 Å². The quantitative estimate of drug-likeness (QED) is 0.0999. The van der Waals surface area contributed by atoms with Crippen LogP contribution in [0.3, 0.4) is 0 Å². The Morgan fingerprint density at radius 2 is 1.67 bits per heavy atom. The van der Waals surface area contributed by atoms with Gasteiger partial charge in [-0.1, -0.05) is 48.0 Å². The van der Waals surface area contributed by atoms with Crippen LogP contribution in [-0.4, -0.2) is 35.6 Å². The number of hydrogen-bond acceptors (Lipinski definition) is 7. The highest BCUT2D eigenvalue weighted by molar-refractivity contribution is 8.00. The molecule has 0 bridgehead atoms. The predicted octanol–water partition coefficient (Wildman–Crippen LogP) is 7.61. The Balaban J connectivity index is 1.21. The number of nitrogens with one attached hydrogen (secondary N) is 3. The number of amides is 3. The zero-order valence-corrected chi connectivity index (χ0v) is 26.3. The average Bonchev–Trinajstić information content (AvgIpc) is 3.53. The summed E-state index contributed by atoms with van der Waals surface area (Å²) >= 11 is 8.68. The van der Waals surface area contributed by atoms with Crippen molar-refractivity contribution in [2.75, 3.05) is 23.5 Å². The van der Waals surface area contributed by atoms with Crippen molar-refractivity contribution in [3.05, 3.63) is 130 Å². The Kier molecular flexibility index (Phi) is 10.7. The highest BCUT2D eigenvalue weighted by atomic mass is 35.5. The van der Waals surface area contributed by atoms with Gasteiger partial charge in [0.25, 0.3) is 11.8 Å². The molecule has 0 atom stereocenters. The van der Waals surface area contributed by atoms with Gasteiger partial charge >= 0.3 is 0 Å². The first-order valence-corrected chi connectivity index (χ1v) is 15.9. The number of benzene rings is 4. The number of anilines is 2. The lowest BCUT2D eigenvalue weighted by atomic mass is 10.1. The zero-order chi connectivity index (χ0) is 31.6. The number of nitrogens with zero attached hydrogens (tertiary/aromatic N) is 1. The maximum absolute atomic E-state index is 13.4. The summed E-state index contributed by atoms with van der Waals surface area (Å²) in [6.45, 7) is 0. The van der Waals surface area contributed by atoms with Crippen LogP contribution in [0.5, 0.6) is 5.75 Å². The summed E-state index contributed by atoms with van der Waals surface area (Å²) in [5.41, 5.74) is 3.35. The van der Waals surface area contributed by atoms with Crippen molar-refractivity contribution in [1.29, 1.82) is 0 Å². The Hall–Kier alpha value is -4.90. The molecule has 11 heteroatoms. The van der Waals surface area contributed by atoms with Crippen molar-refractivity contribution in [2.45, 2.75) is 4.90 Å². The normalized spacial score (nSPS) is 11.0. The number of carbonyl (C=O) groups is 3. The van der Waals surface area contributed by atoms with Gasteiger partial charge in [0.05, 0.1) is 18.6 Å². The second kappa shape index (κ2) is 15.2. The van der Waals surface area contributed by atoms with E-state index in [1.54, 1.807) is 86.0 Å². The Bertz CT molecular complexity index is 1830. The molecule has 0 aliphatic carbocycles. The van der Waals surface area contributed by atoms with Crippen LogP contribution in [0.2, 0.25) is 5.02 Å². The van der Waals surface area contributed by atoms with Crippen LogP contribution in [0.15, 0.2) is 119 Å².